The molecule has 0 spiro atoms. The Kier molecular flexibility index (Phi) is 11.2. The predicted molar refractivity (Wildman–Crippen MR) is 168 cm³/mol. The second-order valence-corrected chi connectivity index (χ2v) is 13.5. The van der Waals surface area contributed by atoms with Gasteiger partial charge in [0.15, 0.2) is 0 Å². The molecule has 0 heterocycles. The third-order valence-electron chi connectivity index (χ3n) is 7.17. The van der Waals surface area contributed by atoms with Crippen molar-refractivity contribution in [3.8, 4) is 0 Å². The number of aryl methyl sites for hydroxylation is 1. The van der Waals surface area contributed by atoms with E-state index in [9.17, 15) is 18.0 Å². The Morgan fingerprint density at radius 3 is 2.00 bits per heavy atom. The Morgan fingerprint density at radius 2 is 1.46 bits per heavy atom. The first kappa shape index (κ1) is 32.3. The number of hydrogen-bond donors (Lipinski definition) is 1. The first-order valence-electron chi connectivity index (χ1n) is 13.9. The summed E-state index contributed by atoms with van der Waals surface area (Å²) in [6, 6.07) is 20.4. The average Bonchev–Trinajstić information content (AvgIpc) is 2.95. The number of carbonyl (C=O) groups excluding carboxylic acids is 2. The number of nitrogens with one attached hydrogen (secondary N) is 1. The van der Waals surface area contributed by atoms with Crippen LogP contribution in [0.4, 0.5) is 5.69 Å². The summed E-state index contributed by atoms with van der Waals surface area (Å²) in [6.07, 6.45) is 0.744. The third-order valence-corrected chi connectivity index (χ3v) is 9.49. The fraction of sp³-hybridized carbons (Fsp3) is 0.375. The van der Waals surface area contributed by atoms with Gasteiger partial charge in [-0.2, -0.15) is 0 Å². The van der Waals surface area contributed by atoms with E-state index < -0.39 is 28.5 Å². The molecular formula is C32H40BrN3O4S. The molecule has 3 rings (SSSR count). The smallest absolute Gasteiger partial charge is 0.264 e. The van der Waals surface area contributed by atoms with Crippen LogP contribution in [0, 0.1) is 6.92 Å². The van der Waals surface area contributed by atoms with Gasteiger partial charge in [0, 0.05) is 17.1 Å². The van der Waals surface area contributed by atoms with Gasteiger partial charge < -0.3 is 10.2 Å². The summed E-state index contributed by atoms with van der Waals surface area (Å²) in [5, 5.41) is 2.95. The Labute approximate surface area is 253 Å². The first-order chi connectivity index (χ1) is 19.3. The third kappa shape index (κ3) is 8.42. The number of amides is 2. The molecule has 41 heavy (non-hydrogen) atoms. The van der Waals surface area contributed by atoms with Crippen molar-refractivity contribution in [2.75, 3.05) is 10.8 Å². The standard InChI is InChI=1S/C32H40BrN3O4S/c1-7-24(5)34-32(38)25(6)35(20-26-10-14-28(33)15-11-26)31(37)21-36(29-16-12-27(13-17-29)22(2)3)41(39,40)30-18-8-23(4)9-19-30/h8-19,22,24-25H,7,20-21H2,1-6H3,(H,34,38). The zero-order valence-corrected chi connectivity index (χ0v) is 27.0. The largest absolute Gasteiger partial charge is 0.352 e. The minimum atomic E-state index is -4.10. The van der Waals surface area contributed by atoms with E-state index in [-0.39, 0.29) is 29.3 Å². The lowest BCUT2D eigenvalue weighted by Crippen LogP contribution is -2.52. The van der Waals surface area contributed by atoms with E-state index in [0.717, 1.165) is 31.9 Å². The van der Waals surface area contributed by atoms with Gasteiger partial charge in [-0.15, -0.1) is 0 Å². The molecule has 0 aromatic heterocycles. The highest BCUT2D eigenvalue weighted by atomic mass is 79.9. The Balaban J connectivity index is 2.03. The molecule has 9 heteroatoms. The van der Waals surface area contributed by atoms with Crippen molar-refractivity contribution >= 4 is 43.5 Å². The summed E-state index contributed by atoms with van der Waals surface area (Å²) in [5.74, 6) is -0.513. The molecule has 0 bridgehead atoms. The highest BCUT2D eigenvalue weighted by molar-refractivity contribution is 9.10. The molecule has 0 fully saturated rings. The summed E-state index contributed by atoms with van der Waals surface area (Å²) in [7, 11) is -4.10. The van der Waals surface area contributed by atoms with E-state index in [1.165, 1.54) is 4.90 Å². The lowest BCUT2D eigenvalue weighted by Gasteiger charge is -2.32. The molecule has 7 nitrogen and oxygen atoms in total. The first-order valence-corrected chi connectivity index (χ1v) is 16.1. The van der Waals surface area contributed by atoms with Crippen LogP contribution in [0.2, 0.25) is 0 Å². The van der Waals surface area contributed by atoms with Crippen LogP contribution in [0.3, 0.4) is 0 Å². The molecule has 0 radical (unpaired) electrons. The number of halogens is 1. The average molecular weight is 643 g/mol. The molecule has 220 valence electrons. The van der Waals surface area contributed by atoms with E-state index in [0.29, 0.717) is 5.69 Å². The van der Waals surface area contributed by atoms with Gasteiger partial charge >= 0.3 is 0 Å². The minimum Gasteiger partial charge on any atom is -0.352 e. The van der Waals surface area contributed by atoms with Crippen LogP contribution < -0.4 is 9.62 Å². The summed E-state index contributed by atoms with van der Waals surface area (Å²) in [5.41, 5.74) is 3.18. The number of sulfonamides is 1. The van der Waals surface area contributed by atoms with Gasteiger partial charge in [-0.1, -0.05) is 78.7 Å². The molecule has 1 N–H and O–H groups in total. The Bertz CT molecular complexity index is 1420. The molecule has 0 aliphatic heterocycles. The van der Waals surface area contributed by atoms with E-state index in [2.05, 4.69) is 35.1 Å². The van der Waals surface area contributed by atoms with Crippen LogP contribution in [-0.4, -0.2) is 43.8 Å². The fourth-order valence-electron chi connectivity index (χ4n) is 4.23. The maximum absolute atomic E-state index is 14.0. The Morgan fingerprint density at radius 1 is 0.878 bits per heavy atom. The van der Waals surface area contributed by atoms with Crippen molar-refractivity contribution in [1.82, 2.24) is 10.2 Å². The molecule has 0 saturated heterocycles. The number of benzene rings is 3. The molecule has 3 aromatic carbocycles. The SMILES string of the molecule is CCC(C)NC(=O)C(C)N(Cc1ccc(Br)cc1)C(=O)CN(c1ccc(C(C)C)cc1)S(=O)(=O)c1ccc(C)cc1. The lowest BCUT2D eigenvalue weighted by molar-refractivity contribution is -0.139. The van der Waals surface area contributed by atoms with E-state index in [1.807, 2.05) is 57.2 Å². The van der Waals surface area contributed by atoms with Crippen LogP contribution in [0.15, 0.2) is 82.2 Å². The van der Waals surface area contributed by atoms with Gasteiger partial charge in [0.1, 0.15) is 12.6 Å². The fourth-order valence-corrected chi connectivity index (χ4v) is 5.90. The van der Waals surface area contributed by atoms with Crippen molar-refractivity contribution in [3.63, 3.8) is 0 Å². The van der Waals surface area contributed by atoms with E-state index in [1.54, 1.807) is 43.3 Å². The van der Waals surface area contributed by atoms with Crippen LogP contribution in [0.5, 0.6) is 0 Å². The van der Waals surface area contributed by atoms with Gasteiger partial charge in [-0.25, -0.2) is 8.42 Å². The number of nitrogens with zero attached hydrogens (tertiary/aromatic N) is 2. The molecule has 2 amide bonds. The molecule has 0 aliphatic rings. The number of rotatable bonds is 12. The summed E-state index contributed by atoms with van der Waals surface area (Å²) in [6.45, 7) is 11.2. The van der Waals surface area contributed by atoms with Crippen molar-refractivity contribution in [3.05, 3.63) is 94.0 Å². The summed E-state index contributed by atoms with van der Waals surface area (Å²) in [4.78, 5) is 28.7. The van der Waals surface area contributed by atoms with Crippen molar-refractivity contribution in [2.24, 2.45) is 0 Å². The van der Waals surface area contributed by atoms with Gasteiger partial charge in [0.2, 0.25) is 11.8 Å². The topological polar surface area (TPSA) is 86.8 Å². The van der Waals surface area contributed by atoms with Crippen molar-refractivity contribution in [2.45, 2.75) is 77.4 Å². The highest BCUT2D eigenvalue weighted by Gasteiger charge is 2.32. The van der Waals surface area contributed by atoms with Gasteiger partial charge in [0.25, 0.3) is 10.0 Å². The van der Waals surface area contributed by atoms with E-state index in [4.69, 9.17) is 0 Å². The Hall–Kier alpha value is -3.17. The second-order valence-electron chi connectivity index (χ2n) is 10.7. The minimum absolute atomic E-state index is 0.0625. The molecule has 3 aromatic rings. The molecule has 0 saturated carbocycles. The van der Waals surface area contributed by atoms with Crippen molar-refractivity contribution in [1.29, 1.82) is 0 Å². The summed E-state index contributed by atoms with van der Waals surface area (Å²) < 4.78 is 30.0. The summed E-state index contributed by atoms with van der Waals surface area (Å²) >= 11 is 3.43. The monoisotopic (exact) mass is 641 g/mol. The van der Waals surface area contributed by atoms with Crippen molar-refractivity contribution < 1.29 is 18.0 Å². The number of carbonyl (C=O) groups is 2. The van der Waals surface area contributed by atoms with Crippen LogP contribution in [-0.2, 0) is 26.2 Å². The molecule has 0 aliphatic carbocycles. The quantitative estimate of drug-likeness (QED) is 0.248. The van der Waals surface area contributed by atoms with E-state index >= 15 is 0 Å². The molecule has 2 unspecified atom stereocenters. The van der Waals surface area contributed by atoms with Gasteiger partial charge in [-0.3, -0.25) is 13.9 Å². The zero-order chi connectivity index (χ0) is 30.3. The van der Waals surface area contributed by atoms with Crippen LogP contribution >= 0.6 is 15.9 Å². The second kappa shape index (κ2) is 14.1. The van der Waals surface area contributed by atoms with Gasteiger partial charge in [-0.05, 0) is 80.6 Å². The lowest BCUT2D eigenvalue weighted by atomic mass is 10.0. The maximum atomic E-state index is 14.0. The zero-order valence-electron chi connectivity index (χ0n) is 24.6. The van der Waals surface area contributed by atoms with Crippen LogP contribution in [0.25, 0.3) is 0 Å². The molecular weight excluding hydrogens is 602 g/mol. The van der Waals surface area contributed by atoms with Crippen LogP contribution in [0.1, 0.15) is 63.6 Å². The highest BCUT2D eigenvalue weighted by Crippen LogP contribution is 2.27. The number of anilines is 1. The predicted octanol–water partition coefficient (Wildman–Crippen LogP) is 6.41. The van der Waals surface area contributed by atoms with Gasteiger partial charge in [0.05, 0.1) is 10.6 Å². The molecule has 2 atom stereocenters. The maximum Gasteiger partial charge on any atom is 0.264 e. The number of hydrogen-bond acceptors (Lipinski definition) is 4. The normalized spacial score (nSPS) is 13.0.